The molecular formula is C16H28N2O4S. The number of amides is 2. The lowest BCUT2D eigenvalue weighted by molar-refractivity contribution is -0.141. The van der Waals surface area contributed by atoms with Crippen molar-refractivity contribution in [1.29, 1.82) is 0 Å². The van der Waals surface area contributed by atoms with Gasteiger partial charge >= 0.3 is 6.09 Å². The predicted octanol–water partition coefficient (Wildman–Crippen LogP) is 1.71. The Balaban J connectivity index is 2.18. The minimum Gasteiger partial charge on any atom is -0.444 e. The summed E-state index contributed by atoms with van der Waals surface area (Å²) in [5, 5.41) is 10.1. The van der Waals surface area contributed by atoms with E-state index in [1.54, 1.807) is 27.7 Å². The van der Waals surface area contributed by atoms with Gasteiger partial charge in [-0.25, -0.2) is 4.79 Å². The summed E-state index contributed by atoms with van der Waals surface area (Å²) in [6.45, 7) is 8.66. The number of likely N-dealkylation sites (tertiary alicyclic amines) is 1. The van der Waals surface area contributed by atoms with Gasteiger partial charge in [0.2, 0.25) is 5.91 Å². The summed E-state index contributed by atoms with van der Waals surface area (Å²) in [7, 11) is 0. The Morgan fingerprint density at radius 1 is 1.26 bits per heavy atom. The van der Waals surface area contributed by atoms with Crippen LogP contribution in [0.4, 0.5) is 4.79 Å². The maximum atomic E-state index is 13.1. The SMILES string of the molecule is CC(C)(C)OC(=O)N1CC(O)CC1(C)C(=O)N1CCCSCC1. The second-order valence-electron chi connectivity index (χ2n) is 7.48. The normalized spacial score (nSPS) is 29.3. The Hall–Kier alpha value is -0.950. The van der Waals surface area contributed by atoms with E-state index in [9.17, 15) is 14.7 Å². The summed E-state index contributed by atoms with van der Waals surface area (Å²) in [5.74, 6) is 1.89. The van der Waals surface area contributed by atoms with Crippen molar-refractivity contribution in [2.45, 2.75) is 57.8 Å². The van der Waals surface area contributed by atoms with Gasteiger partial charge < -0.3 is 14.7 Å². The smallest absolute Gasteiger partial charge is 0.411 e. The third-order valence-corrected chi connectivity index (χ3v) is 5.25. The van der Waals surface area contributed by atoms with E-state index < -0.39 is 23.3 Å². The van der Waals surface area contributed by atoms with Gasteiger partial charge in [-0.2, -0.15) is 11.8 Å². The molecule has 2 atom stereocenters. The second-order valence-corrected chi connectivity index (χ2v) is 8.71. The van der Waals surface area contributed by atoms with Crippen LogP contribution in [0.2, 0.25) is 0 Å². The number of aliphatic hydroxyl groups excluding tert-OH is 1. The largest absolute Gasteiger partial charge is 0.444 e. The van der Waals surface area contributed by atoms with Gasteiger partial charge in [0.1, 0.15) is 11.1 Å². The molecule has 7 heteroatoms. The highest BCUT2D eigenvalue weighted by atomic mass is 32.2. The van der Waals surface area contributed by atoms with Gasteiger partial charge in [0.25, 0.3) is 0 Å². The van der Waals surface area contributed by atoms with Crippen LogP contribution in [-0.4, -0.2) is 75.3 Å². The fraction of sp³-hybridized carbons (Fsp3) is 0.875. The maximum Gasteiger partial charge on any atom is 0.411 e. The summed E-state index contributed by atoms with van der Waals surface area (Å²) in [5.41, 5.74) is -1.66. The number of rotatable bonds is 1. The fourth-order valence-corrected chi connectivity index (χ4v) is 4.02. The Kier molecular flexibility index (Phi) is 5.51. The average molecular weight is 344 g/mol. The van der Waals surface area contributed by atoms with Crippen LogP contribution >= 0.6 is 11.8 Å². The highest BCUT2D eigenvalue weighted by Gasteiger charge is 2.52. The van der Waals surface area contributed by atoms with Gasteiger partial charge in [0.15, 0.2) is 0 Å². The zero-order valence-electron chi connectivity index (χ0n) is 14.5. The maximum absolute atomic E-state index is 13.1. The van der Waals surface area contributed by atoms with Crippen molar-refractivity contribution in [2.75, 3.05) is 31.1 Å². The Morgan fingerprint density at radius 3 is 2.61 bits per heavy atom. The molecule has 2 rings (SSSR count). The summed E-state index contributed by atoms with van der Waals surface area (Å²) in [4.78, 5) is 28.8. The highest BCUT2D eigenvalue weighted by Crippen LogP contribution is 2.33. The Morgan fingerprint density at radius 2 is 1.96 bits per heavy atom. The van der Waals surface area contributed by atoms with Crippen LogP contribution < -0.4 is 0 Å². The molecule has 0 aromatic carbocycles. The van der Waals surface area contributed by atoms with Gasteiger partial charge in [0, 0.05) is 25.3 Å². The van der Waals surface area contributed by atoms with Crippen molar-refractivity contribution in [2.24, 2.45) is 0 Å². The van der Waals surface area contributed by atoms with E-state index in [4.69, 9.17) is 4.74 Å². The van der Waals surface area contributed by atoms with Crippen molar-refractivity contribution in [3.8, 4) is 0 Å². The van der Waals surface area contributed by atoms with E-state index in [2.05, 4.69) is 0 Å². The van der Waals surface area contributed by atoms with Crippen LogP contribution in [0.1, 0.15) is 40.5 Å². The van der Waals surface area contributed by atoms with Crippen molar-refractivity contribution in [1.82, 2.24) is 9.80 Å². The van der Waals surface area contributed by atoms with Crippen molar-refractivity contribution in [3.05, 3.63) is 0 Å². The van der Waals surface area contributed by atoms with Gasteiger partial charge in [-0.15, -0.1) is 0 Å². The van der Waals surface area contributed by atoms with E-state index in [1.807, 2.05) is 16.7 Å². The molecule has 0 aromatic rings. The second kappa shape index (κ2) is 6.89. The number of β-amino-alcohol motifs (C(OH)–C–C–N with tert-alkyl or cyclic N) is 1. The lowest BCUT2D eigenvalue weighted by Crippen LogP contribution is -2.57. The number of carbonyl (C=O) groups is 2. The van der Waals surface area contributed by atoms with Crippen molar-refractivity contribution >= 4 is 23.8 Å². The number of hydrogen-bond acceptors (Lipinski definition) is 5. The number of thioether (sulfide) groups is 1. The zero-order valence-corrected chi connectivity index (χ0v) is 15.3. The first-order valence-corrected chi connectivity index (χ1v) is 9.35. The molecule has 2 heterocycles. The van der Waals surface area contributed by atoms with Crippen LogP contribution in [0, 0.1) is 0 Å². The van der Waals surface area contributed by atoms with Crippen LogP contribution in [-0.2, 0) is 9.53 Å². The number of carbonyl (C=O) groups excluding carboxylic acids is 2. The third-order valence-electron chi connectivity index (χ3n) is 4.21. The summed E-state index contributed by atoms with van der Waals surface area (Å²) >= 11 is 1.85. The molecule has 2 aliphatic heterocycles. The minimum atomic E-state index is -1.03. The van der Waals surface area contributed by atoms with E-state index in [1.165, 1.54) is 4.90 Å². The van der Waals surface area contributed by atoms with Crippen LogP contribution in [0.5, 0.6) is 0 Å². The lowest BCUT2D eigenvalue weighted by Gasteiger charge is -2.38. The van der Waals surface area contributed by atoms with E-state index >= 15 is 0 Å². The van der Waals surface area contributed by atoms with Crippen LogP contribution in [0.25, 0.3) is 0 Å². The summed E-state index contributed by atoms with van der Waals surface area (Å²) in [6.07, 6.45) is -0.0113. The molecule has 0 bridgehead atoms. The predicted molar refractivity (Wildman–Crippen MR) is 90.5 cm³/mol. The molecule has 2 saturated heterocycles. The van der Waals surface area contributed by atoms with Crippen LogP contribution in [0.3, 0.4) is 0 Å². The van der Waals surface area contributed by atoms with Gasteiger partial charge in [-0.05, 0) is 39.9 Å². The first kappa shape index (κ1) is 18.4. The molecule has 0 aliphatic carbocycles. The minimum absolute atomic E-state index is 0.0811. The van der Waals surface area contributed by atoms with Gasteiger partial charge in [0.05, 0.1) is 12.6 Å². The number of ether oxygens (including phenoxy) is 1. The monoisotopic (exact) mass is 344 g/mol. The van der Waals surface area contributed by atoms with E-state index in [0.29, 0.717) is 13.1 Å². The van der Waals surface area contributed by atoms with Gasteiger partial charge in [-0.1, -0.05) is 0 Å². The Labute approximate surface area is 142 Å². The molecule has 132 valence electrons. The molecule has 1 N–H and O–H groups in total. The topological polar surface area (TPSA) is 70.1 Å². The standard InChI is InChI=1S/C16H28N2O4S/c1-15(2,3)22-14(21)18-11-12(19)10-16(18,4)13(20)17-6-5-8-23-9-7-17/h12,19H,5-11H2,1-4H3. The highest BCUT2D eigenvalue weighted by molar-refractivity contribution is 7.99. The summed E-state index contributed by atoms with van der Waals surface area (Å²) in [6, 6.07) is 0. The molecule has 6 nitrogen and oxygen atoms in total. The number of nitrogens with zero attached hydrogens (tertiary/aromatic N) is 2. The molecule has 0 radical (unpaired) electrons. The first-order valence-electron chi connectivity index (χ1n) is 8.19. The fourth-order valence-electron chi connectivity index (χ4n) is 3.13. The third kappa shape index (κ3) is 4.32. The molecule has 0 spiro atoms. The van der Waals surface area contributed by atoms with Gasteiger partial charge in [-0.3, -0.25) is 9.69 Å². The molecule has 2 fully saturated rings. The number of aliphatic hydroxyl groups is 1. The molecular weight excluding hydrogens is 316 g/mol. The van der Waals surface area contributed by atoms with E-state index in [-0.39, 0.29) is 18.9 Å². The molecule has 23 heavy (non-hydrogen) atoms. The number of hydrogen-bond donors (Lipinski definition) is 1. The summed E-state index contributed by atoms with van der Waals surface area (Å²) < 4.78 is 5.43. The first-order chi connectivity index (χ1) is 10.6. The zero-order chi connectivity index (χ0) is 17.3. The lowest BCUT2D eigenvalue weighted by atomic mass is 9.96. The van der Waals surface area contributed by atoms with Crippen molar-refractivity contribution < 1.29 is 19.4 Å². The van der Waals surface area contributed by atoms with Crippen LogP contribution in [0.15, 0.2) is 0 Å². The van der Waals surface area contributed by atoms with E-state index in [0.717, 1.165) is 17.9 Å². The molecule has 2 amide bonds. The van der Waals surface area contributed by atoms with Crippen molar-refractivity contribution in [3.63, 3.8) is 0 Å². The molecule has 0 saturated carbocycles. The molecule has 2 aliphatic rings. The quantitative estimate of drug-likeness (QED) is 0.784. The Bertz CT molecular complexity index is 457. The average Bonchev–Trinajstić information content (AvgIpc) is 2.63. The molecule has 0 aromatic heterocycles. The molecule has 2 unspecified atom stereocenters.